The van der Waals surface area contributed by atoms with E-state index in [9.17, 15) is 4.79 Å². The number of benzene rings is 2. The molecule has 0 aliphatic carbocycles. The van der Waals surface area contributed by atoms with Gasteiger partial charge in [-0.25, -0.2) is 4.68 Å². The van der Waals surface area contributed by atoms with Gasteiger partial charge in [-0.2, -0.15) is 5.26 Å². The minimum atomic E-state index is -0.407. The maximum absolute atomic E-state index is 13.1. The van der Waals surface area contributed by atoms with Gasteiger partial charge in [0.15, 0.2) is 0 Å². The lowest BCUT2D eigenvalue weighted by Gasteiger charge is -2.25. The van der Waals surface area contributed by atoms with E-state index in [2.05, 4.69) is 21.6 Å². The van der Waals surface area contributed by atoms with Crippen molar-refractivity contribution < 1.29 is 4.79 Å². The van der Waals surface area contributed by atoms with Crippen molar-refractivity contribution in [2.24, 2.45) is 0 Å². The maximum Gasteiger partial charge on any atom is 0.240 e. The van der Waals surface area contributed by atoms with Gasteiger partial charge in [0, 0.05) is 12.2 Å². The summed E-state index contributed by atoms with van der Waals surface area (Å²) in [5.41, 5.74) is 2.98. The molecule has 2 aromatic carbocycles. The molecule has 0 spiro atoms. The van der Waals surface area contributed by atoms with Crippen molar-refractivity contribution in [3.8, 4) is 6.07 Å². The predicted molar refractivity (Wildman–Crippen MR) is 112 cm³/mol. The molecule has 8 heteroatoms. The molecule has 29 heavy (non-hydrogen) atoms. The number of anilines is 1. The van der Waals surface area contributed by atoms with E-state index in [4.69, 9.17) is 5.26 Å². The van der Waals surface area contributed by atoms with Gasteiger partial charge in [0.05, 0.1) is 24.3 Å². The van der Waals surface area contributed by atoms with E-state index in [0.29, 0.717) is 18.2 Å². The summed E-state index contributed by atoms with van der Waals surface area (Å²) in [6.45, 7) is 4.71. The van der Waals surface area contributed by atoms with Crippen LogP contribution in [0.4, 0.5) is 5.69 Å². The molecule has 0 saturated heterocycles. The van der Waals surface area contributed by atoms with Crippen LogP contribution in [0.5, 0.6) is 0 Å². The van der Waals surface area contributed by atoms with Crippen LogP contribution in [0, 0.1) is 18.3 Å². The van der Waals surface area contributed by atoms with Crippen molar-refractivity contribution in [3.05, 3.63) is 65.7 Å². The molecule has 3 aromatic rings. The smallest absolute Gasteiger partial charge is 0.240 e. The molecule has 0 radical (unpaired) electrons. The minimum Gasteiger partial charge on any atom is -0.310 e. The third kappa shape index (κ3) is 5.42. The molecule has 1 aromatic heterocycles. The van der Waals surface area contributed by atoms with Gasteiger partial charge in [-0.15, -0.1) is 5.10 Å². The van der Waals surface area contributed by atoms with Crippen molar-refractivity contribution in [1.29, 1.82) is 5.26 Å². The number of amides is 1. The topological polar surface area (TPSA) is 87.7 Å². The van der Waals surface area contributed by atoms with Crippen LogP contribution in [0.3, 0.4) is 0 Å². The zero-order valence-corrected chi connectivity index (χ0v) is 17.2. The zero-order chi connectivity index (χ0) is 20.6. The number of carbonyl (C=O) groups excluding carboxylic acids is 1. The second kappa shape index (κ2) is 9.85. The molecule has 1 heterocycles. The Labute approximate surface area is 174 Å². The summed E-state index contributed by atoms with van der Waals surface area (Å²) in [5.74, 6) is -0.0802. The molecule has 0 fully saturated rings. The first-order chi connectivity index (χ1) is 14.1. The first kappa shape index (κ1) is 20.6. The lowest BCUT2D eigenvalue weighted by Crippen LogP contribution is -2.37. The van der Waals surface area contributed by atoms with Crippen LogP contribution in [-0.2, 0) is 11.3 Å². The molecule has 148 valence electrons. The molecule has 0 bridgehead atoms. The SMILES string of the molecule is Cc1ccc(N(CCC#N)C(=O)C(C)Sc2nnnn2Cc2ccccc2)cc1. The third-order valence-electron chi connectivity index (χ3n) is 4.36. The quantitative estimate of drug-likeness (QED) is 0.533. The number of nitrogens with zero attached hydrogens (tertiary/aromatic N) is 6. The Balaban J connectivity index is 1.74. The van der Waals surface area contributed by atoms with Crippen molar-refractivity contribution >= 4 is 23.4 Å². The monoisotopic (exact) mass is 406 g/mol. The van der Waals surface area contributed by atoms with Crippen molar-refractivity contribution in [3.63, 3.8) is 0 Å². The number of thioether (sulfide) groups is 1. The van der Waals surface area contributed by atoms with Gasteiger partial charge in [0.1, 0.15) is 0 Å². The Morgan fingerprint density at radius 3 is 2.62 bits per heavy atom. The van der Waals surface area contributed by atoms with E-state index >= 15 is 0 Å². The zero-order valence-electron chi connectivity index (χ0n) is 16.4. The fourth-order valence-corrected chi connectivity index (χ4v) is 3.67. The summed E-state index contributed by atoms with van der Waals surface area (Å²) in [5, 5.41) is 21.1. The van der Waals surface area contributed by atoms with Gasteiger partial charge < -0.3 is 4.90 Å². The molecule has 0 aliphatic rings. The van der Waals surface area contributed by atoms with Gasteiger partial charge in [-0.05, 0) is 42.0 Å². The highest BCUT2D eigenvalue weighted by Crippen LogP contribution is 2.25. The molecule has 0 N–H and O–H groups in total. The molecule has 0 saturated carbocycles. The second-order valence-electron chi connectivity index (χ2n) is 6.60. The van der Waals surface area contributed by atoms with E-state index < -0.39 is 5.25 Å². The standard InChI is InChI=1S/C21H22N6OS/c1-16-9-11-19(12-10-16)26(14-6-13-22)20(28)17(2)29-21-23-24-25-27(21)15-18-7-4-3-5-8-18/h3-5,7-12,17H,6,14-15H2,1-2H3. The summed E-state index contributed by atoms with van der Waals surface area (Å²) in [6, 6.07) is 19.7. The third-order valence-corrected chi connectivity index (χ3v) is 5.42. The van der Waals surface area contributed by atoms with Crippen LogP contribution in [0.15, 0.2) is 59.8 Å². The van der Waals surface area contributed by atoms with Crippen LogP contribution in [0.1, 0.15) is 24.5 Å². The van der Waals surface area contributed by atoms with E-state index in [-0.39, 0.29) is 12.3 Å². The van der Waals surface area contributed by atoms with Crippen LogP contribution in [0.2, 0.25) is 0 Å². The Morgan fingerprint density at radius 2 is 1.93 bits per heavy atom. The van der Waals surface area contributed by atoms with Crippen LogP contribution in [-0.4, -0.2) is 37.9 Å². The van der Waals surface area contributed by atoms with Gasteiger partial charge in [-0.3, -0.25) is 4.79 Å². The predicted octanol–water partition coefficient (Wildman–Crippen LogP) is 3.46. The summed E-state index contributed by atoms with van der Waals surface area (Å²) in [6.07, 6.45) is 0.267. The first-order valence-corrected chi connectivity index (χ1v) is 10.2. The van der Waals surface area contributed by atoms with Crippen molar-refractivity contribution in [2.75, 3.05) is 11.4 Å². The minimum absolute atomic E-state index is 0.0802. The number of hydrogen-bond donors (Lipinski definition) is 0. The second-order valence-corrected chi connectivity index (χ2v) is 7.91. The molecule has 0 aliphatic heterocycles. The Kier molecular flexibility index (Phi) is 6.98. The fourth-order valence-electron chi connectivity index (χ4n) is 2.82. The maximum atomic E-state index is 13.1. The largest absolute Gasteiger partial charge is 0.310 e. The number of aromatic nitrogens is 4. The normalized spacial score (nSPS) is 11.6. The summed E-state index contributed by atoms with van der Waals surface area (Å²) < 4.78 is 1.69. The van der Waals surface area contributed by atoms with Crippen molar-refractivity contribution in [1.82, 2.24) is 20.2 Å². The molecule has 1 atom stereocenters. The van der Waals surface area contributed by atoms with Crippen molar-refractivity contribution in [2.45, 2.75) is 37.2 Å². The van der Waals surface area contributed by atoms with Crippen LogP contribution < -0.4 is 4.90 Å². The van der Waals surface area contributed by atoms with Gasteiger partial charge in [0.25, 0.3) is 0 Å². The Hall–Kier alpha value is -3.18. The van der Waals surface area contributed by atoms with E-state index in [1.807, 2.05) is 68.4 Å². The van der Waals surface area contributed by atoms with Crippen LogP contribution >= 0.6 is 11.8 Å². The highest BCUT2D eigenvalue weighted by atomic mass is 32.2. The highest BCUT2D eigenvalue weighted by Gasteiger charge is 2.25. The Morgan fingerprint density at radius 1 is 1.21 bits per heavy atom. The average Bonchev–Trinajstić information content (AvgIpc) is 3.16. The van der Waals surface area contributed by atoms with Gasteiger partial charge in [0.2, 0.25) is 11.1 Å². The Bertz CT molecular complexity index is 980. The summed E-state index contributed by atoms with van der Waals surface area (Å²) in [4.78, 5) is 14.8. The average molecular weight is 407 g/mol. The number of hydrogen-bond acceptors (Lipinski definition) is 6. The molecular formula is C21H22N6OS. The summed E-state index contributed by atoms with van der Waals surface area (Å²) in [7, 11) is 0. The molecule has 1 amide bonds. The van der Waals surface area contributed by atoms with Gasteiger partial charge >= 0.3 is 0 Å². The number of carbonyl (C=O) groups is 1. The lowest BCUT2D eigenvalue weighted by atomic mass is 10.2. The highest BCUT2D eigenvalue weighted by molar-refractivity contribution is 8.00. The van der Waals surface area contributed by atoms with Gasteiger partial charge in [-0.1, -0.05) is 59.8 Å². The number of tetrazole rings is 1. The molecule has 7 nitrogen and oxygen atoms in total. The summed E-state index contributed by atoms with van der Waals surface area (Å²) >= 11 is 1.32. The van der Waals surface area contributed by atoms with E-state index in [0.717, 1.165) is 16.8 Å². The number of aryl methyl sites for hydroxylation is 1. The first-order valence-electron chi connectivity index (χ1n) is 9.30. The van der Waals surface area contributed by atoms with Crippen LogP contribution in [0.25, 0.3) is 0 Å². The molecule has 3 rings (SSSR count). The van der Waals surface area contributed by atoms with E-state index in [1.54, 1.807) is 9.58 Å². The number of rotatable bonds is 8. The van der Waals surface area contributed by atoms with E-state index in [1.165, 1.54) is 11.8 Å². The number of nitriles is 1. The lowest BCUT2D eigenvalue weighted by molar-refractivity contribution is -0.117. The molecule has 1 unspecified atom stereocenters. The molecular weight excluding hydrogens is 384 g/mol. The fraction of sp³-hybridized carbons (Fsp3) is 0.286.